The monoisotopic (exact) mass is 248 g/mol. The quantitative estimate of drug-likeness (QED) is 0.476. The normalized spacial score (nSPS) is 10.6. The molecule has 0 aromatic carbocycles. The summed E-state index contributed by atoms with van der Waals surface area (Å²) in [5.74, 6) is -0.582. The van der Waals surface area contributed by atoms with Gasteiger partial charge in [0, 0.05) is 6.21 Å². The Morgan fingerprint density at radius 1 is 1.67 bits per heavy atom. The standard InChI is InChI=1S/C10H8N4O4/c11-6-5-9(15)13-12-7-1-2-8-3-4-10(18-8)14(16)17/h1-4,7H,5H2,(H,13,15)/b2-1+,12-7+. The maximum absolute atomic E-state index is 10.8. The first-order valence-corrected chi connectivity index (χ1v) is 4.73. The number of carbonyl (C=O) groups excluding carboxylic acids is 1. The van der Waals surface area contributed by atoms with Crippen LogP contribution in [0.15, 0.2) is 27.7 Å². The summed E-state index contributed by atoms with van der Waals surface area (Å²) in [6.07, 6.45) is 3.84. The van der Waals surface area contributed by atoms with E-state index in [-0.39, 0.29) is 18.1 Å². The number of carbonyl (C=O) groups is 1. The molecule has 0 fully saturated rings. The van der Waals surface area contributed by atoms with Crippen molar-refractivity contribution in [1.29, 1.82) is 5.26 Å². The van der Waals surface area contributed by atoms with Crippen molar-refractivity contribution in [1.82, 2.24) is 5.43 Å². The summed E-state index contributed by atoms with van der Waals surface area (Å²) in [7, 11) is 0. The number of amides is 1. The van der Waals surface area contributed by atoms with Gasteiger partial charge in [0.05, 0.1) is 12.1 Å². The van der Waals surface area contributed by atoms with E-state index < -0.39 is 10.8 Å². The van der Waals surface area contributed by atoms with Crippen molar-refractivity contribution in [3.05, 3.63) is 34.1 Å². The van der Waals surface area contributed by atoms with E-state index in [2.05, 4.69) is 10.5 Å². The molecule has 0 saturated heterocycles. The number of nitrogens with zero attached hydrogens (tertiary/aromatic N) is 3. The van der Waals surface area contributed by atoms with Crippen LogP contribution in [0.25, 0.3) is 6.08 Å². The van der Waals surface area contributed by atoms with Crippen LogP contribution in [0.4, 0.5) is 5.88 Å². The van der Waals surface area contributed by atoms with Crippen molar-refractivity contribution < 1.29 is 14.1 Å². The maximum Gasteiger partial charge on any atom is 0.433 e. The summed E-state index contributed by atoms with van der Waals surface area (Å²) in [6, 6.07) is 4.32. The molecule has 0 saturated carbocycles. The second-order valence-corrected chi connectivity index (χ2v) is 2.94. The number of rotatable bonds is 5. The van der Waals surface area contributed by atoms with Crippen molar-refractivity contribution in [2.75, 3.05) is 0 Å². The highest BCUT2D eigenvalue weighted by molar-refractivity contribution is 5.81. The van der Waals surface area contributed by atoms with Gasteiger partial charge in [-0.3, -0.25) is 14.9 Å². The third-order valence-electron chi connectivity index (χ3n) is 1.64. The van der Waals surface area contributed by atoms with Crippen molar-refractivity contribution in [2.24, 2.45) is 5.10 Å². The molecule has 18 heavy (non-hydrogen) atoms. The van der Waals surface area contributed by atoms with E-state index in [0.717, 1.165) is 0 Å². The smallest absolute Gasteiger partial charge is 0.401 e. The minimum atomic E-state index is -0.645. The zero-order valence-electron chi connectivity index (χ0n) is 9.07. The van der Waals surface area contributed by atoms with Gasteiger partial charge in [-0.1, -0.05) is 0 Å². The summed E-state index contributed by atoms with van der Waals surface area (Å²) >= 11 is 0. The van der Waals surface area contributed by atoms with Crippen LogP contribution in [0, 0.1) is 21.4 Å². The SMILES string of the molecule is N#CCC(=O)N/N=C/C=C/c1ccc([N+](=O)[O-])o1. The maximum atomic E-state index is 10.8. The molecule has 92 valence electrons. The molecule has 1 aromatic rings. The highest BCUT2D eigenvalue weighted by atomic mass is 16.6. The Morgan fingerprint density at radius 2 is 2.44 bits per heavy atom. The highest BCUT2D eigenvalue weighted by Gasteiger charge is 2.09. The number of nitriles is 1. The van der Waals surface area contributed by atoms with Gasteiger partial charge in [0.15, 0.2) is 0 Å². The van der Waals surface area contributed by atoms with E-state index in [0.29, 0.717) is 0 Å². The van der Waals surface area contributed by atoms with Gasteiger partial charge < -0.3 is 4.42 Å². The van der Waals surface area contributed by atoms with Gasteiger partial charge in [0.2, 0.25) is 0 Å². The molecular formula is C10H8N4O4. The fourth-order valence-corrected chi connectivity index (χ4v) is 0.931. The lowest BCUT2D eigenvalue weighted by molar-refractivity contribution is -0.402. The Morgan fingerprint density at radius 3 is 3.06 bits per heavy atom. The molecule has 1 heterocycles. The zero-order valence-corrected chi connectivity index (χ0v) is 9.07. The average Bonchev–Trinajstić information content (AvgIpc) is 2.78. The van der Waals surface area contributed by atoms with E-state index in [4.69, 9.17) is 9.68 Å². The van der Waals surface area contributed by atoms with Crippen LogP contribution in [0.3, 0.4) is 0 Å². The molecule has 0 spiro atoms. The van der Waals surface area contributed by atoms with Crippen molar-refractivity contribution in [3.8, 4) is 6.07 Å². The van der Waals surface area contributed by atoms with Gasteiger partial charge in [-0.15, -0.1) is 0 Å². The predicted octanol–water partition coefficient (Wildman–Crippen LogP) is 1.22. The summed E-state index contributed by atoms with van der Waals surface area (Å²) in [4.78, 5) is 20.5. The first kappa shape index (κ1) is 13.1. The van der Waals surface area contributed by atoms with E-state index in [9.17, 15) is 14.9 Å². The fourth-order valence-electron chi connectivity index (χ4n) is 0.931. The minimum Gasteiger partial charge on any atom is -0.401 e. The van der Waals surface area contributed by atoms with Crippen LogP contribution in [0.2, 0.25) is 0 Å². The zero-order chi connectivity index (χ0) is 13.4. The van der Waals surface area contributed by atoms with Crippen LogP contribution in [0.1, 0.15) is 12.2 Å². The van der Waals surface area contributed by atoms with Crippen LogP contribution in [0.5, 0.6) is 0 Å². The number of allylic oxidation sites excluding steroid dienone is 1. The van der Waals surface area contributed by atoms with Gasteiger partial charge in [0.1, 0.15) is 17.1 Å². The van der Waals surface area contributed by atoms with Crippen LogP contribution in [-0.4, -0.2) is 17.0 Å². The summed E-state index contributed by atoms with van der Waals surface area (Å²) in [6.45, 7) is 0. The van der Waals surface area contributed by atoms with Gasteiger partial charge in [-0.05, 0) is 18.2 Å². The molecular weight excluding hydrogens is 240 g/mol. The molecule has 8 nitrogen and oxygen atoms in total. The Labute approximate surface area is 101 Å². The molecule has 0 aliphatic carbocycles. The molecule has 1 N–H and O–H groups in total. The van der Waals surface area contributed by atoms with E-state index in [1.807, 2.05) is 0 Å². The first-order chi connectivity index (χ1) is 8.63. The second kappa shape index (κ2) is 6.59. The van der Waals surface area contributed by atoms with Crippen molar-refractivity contribution in [3.63, 3.8) is 0 Å². The summed E-state index contributed by atoms with van der Waals surface area (Å²) in [5.41, 5.74) is 2.11. The third-order valence-corrected chi connectivity index (χ3v) is 1.64. The topological polar surface area (TPSA) is 122 Å². The summed E-state index contributed by atoms with van der Waals surface area (Å²) < 4.78 is 4.83. The Bertz CT molecular complexity index is 538. The molecule has 1 amide bonds. The number of nitrogens with one attached hydrogen (secondary N) is 1. The largest absolute Gasteiger partial charge is 0.433 e. The number of hydrogen-bond acceptors (Lipinski definition) is 6. The highest BCUT2D eigenvalue weighted by Crippen LogP contribution is 2.16. The van der Waals surface area contributed by atoms with Gasteiger partial charge in [-0.2, -0.15) is 10.4 Å². The van der Waals surface area contributed by atoms with Gasteiger partial charge in [-0.25, -0.2) is 5.43 Å². The fraction of sp³-hybridized carbons (Fsp3) is 0.100. The second-order valence-electron chi connectivity index (χ2n) is 2.94. The molecule has 0 aliphatic heterocycles. The Kier molecular flexibility index (Phi) is 4.80. The molecule has 8 heteroatoms. The molecule has 1 rings (SSSR count). The number of hydrazone groups is 1. The summed E-state index contributed by atoms with van der Waals surface area (Å²) in [5, 5.41) is 22.0. The lowest BCUT2D eigenvalue weighted by atomic mass is 10.4. The van der Waals surface area contributed by atoms with E-state index in [1.165, 1.54) is 30.5 Å². The molecule has 0 unspecified atom stereocenters. The van der Waals surface area contributed by atoms with Gasteiger partial charge in [0.25, 0.3) is 5.91 Å². The Hall–Kier alpha value is -2.95. The number of furan rings is 1. The van der Waals surface area contributed by atoms with Crippen LogP contribution >= 0.6 is 0 Å². The van der Waals surface area contributed by atoms with Gasteiger partial charge >= 0.3 is 5.88 Å². The lowest BCUT2D eigenvalue weighted by Gasteiger charge is -1.89. The molecule has 0 aliphatic rings. The average molecular weight is 248 g/mol. The molecule has 0 bridgehead atoms. The number of nitro groups is 1. The van der Waals surface area contributed by atoms with Crippen LogP contribution in [-0.2, 0) is 4.79 Å². The van der Waals surface area contributed by atoms with Crippen LogP contribution < -0.4 is 5.43 Å². The Balaban J connectivity index is 2.45. The minimum absolute atomic E-state index is 0.272. The lowest BCUT2D eigenvalue weighted by Crippen LogP contribution is -2.15. The molecule has 0 atom stereocenters. The molecule has 0 radical (unpaired) electrons. The van der Waals surface area contributed by atoms with Crippen molar-refractivity contribution >= 4 is 24.1 Å². The molecule has 1 aromatic heterocycles. The van der Waals surface area contributed by atoms with E-state index >= 15 is 0 Å². The third kappa shape index (κ3) is 4.28. The predicted molar refractivity (Wildman–Crippen MR) is 61.3 cm³/mol. The first-order valence-electron chi connectivity index (χ1n) is 4.73. The van der Waals surface area contributed by atoms with Crippen molar-refractivity contribution in [2.45, 2.75) is 6.42 Å². The van der Waals surface area contributed by atoms with E-state index in [1.54, 1.807) is 6.07 Å². The number of hydrogen-bond donors (Lipinski definition) is 1.